The number of hydrogen-bond acceptors (Lipinski definition) is 4. The molecule has 5 heteroatoms. The highest BCUT2D eigenvalue weighted by Crippen LogP contribution is 2.38. The number of hydrogen-bond donors (Lipinski definition) is 1. The Morgan fingerprint density at radius 1 is 1.39 bits per heavy atom. The van der Waals surface area contributed by atoms with E-state index in [-0.39, 0.29) is 10.8 Å². The van der Waals surface area contributed by atoms with Crippen molar-refractivity contribution in [3.63, 3.8) is 0 Å². The van der Waals surface area contributed by atoms with Crippen molar-refractivity contribution >= 4 is 9.84 Å². The maximum absolute atomic E-state index is 12.0. The van der Waals surface area contributed by atoms with Crippen LogP contribution in [-0.4, -0.2) is 50.5 Å². The minimum atomic E-state index is -3.02. The summed E-state index contributed by atoms with van der Waals surface area (Å²) in [6, 6.07) is 0. The highest BCUT2D eigenvalue weighted by molar-refractivity contribution is 7.91. The van der Waals surface area contributed by atoms with Gasteiger partial charge in [0.05, 0.1) is 5.25 Å². The van der Waals surface area contributed by atoms with Crippen LogP contribution in [0.25, 0.3) is 0 Å². The molecule has 0 aromatic carbocycles. The molecule has 4 nitrogen and oxygen atoms in total. The van der Waals surface area contributed by atoms with Gasteiger partial charge < -0.3 is 5.73 Å². The van der Waals surface area contributed by atoms with Gasteiger partial charge in [-0.1, -0.05) is 26.2 Å². The van der Waals surface area contributed by atoms with Crippen LogP contribution in [0.5, 0.6) is 0 Å². The Hall–Kier alpha value is -0.130. The molecule has 0 amide bonds. The molecular weight excluding hydrogens is 248 g/mol. The van der Waals surface area contributed by atoms with Crippen LogP contribution in [0.15, 0.2) is 0 Å². The quantitative estimate of drug-likeness (QED) is 0.714. The van der Waals surface area contributed by atoms with Crippen LogP contribution in [0, 0.1) is 0 Å². The standard InChI is InChI=1S/C13H28N2O2S/c1-4-5-6-10-15(2)13(11-14)9-7-8-12(13)18(3,16)17/h12H,4-11,14H2,1-3H3. The Morgan fingerprint density at radius 2 is 2.06 bits per heavy atom. The van der Waals surface area contributed by atoms with Crippen LogP contribution in [0.3, 0.4) is 0 Å². The van der Waals surface area contributed by atoms with Crippen LogP contribution in [0.4, 0.5) is 0 Å². The minimum Gasteiger partial charge on any atom is -0.329 e. The van der Waals surface area contributed by atoms with E-state index in [1.165, 1.54) is 19.1 Å². The molecule has 0 spiro atoms. The van der Waals surface area contributed by atoms with Crippen LogP contribution in [0.2, 0.25) is 0 Å². The molecular formula is C13H28N2O2S. The van der Waals surface area contributed by atoms with Gasteiger partial charge in [0, 0.05) is 18.3 Å². The van der Waals surface area contributed by atoms with Crippen molar-refractivity contribution in [2.45, 2.75) is 56.2 Å². The van der Waals surface area contributed by atoms with E-state index in [2.05, 4.69) is 11.8 Å². The molecule has 0 aliphatic heterocycles. The first-order valence-corrected chi connectivity index (χ1v) is 8.94. The summed E-state index contributed by atoms with van der Waals surface area (Å²) in [5.41, 5.74) is 5.62. The zero-order chi connectivity index (χ0) is 13.8. The first-order chi connectivity index (χ1) is 8.38. The monoisotopic (exact) mass is 276 g/mol. The molecule has 1 aliphatic rings. The third kappa shape index (κ3) is 3.25. The van der Waals surface area contributed by atoms with Crippen LogP contribution >= 0.6 is 0 Å². The van der Waals surface area contributed by atoms with Crippen LogP contribution in [0.1, 0.15) is 45.4 Å². The van der Waals surface area contributed by atoms with Gasteiger partial charge in [0.25, 0.3) is 0 Å². The highest BCUT2D eigenvalue weighted by atomic mass is 32.2. The average Bonchev–Trinajstić information content (AvgIpc) is 2.74. The second-order valence-electron chi connectivity index (χ2n) is 5.65. The van der Waals surface area contributed by atoms with E-state index in [0.29, 0.717) is 6.54 Å². The van der Waals surface area contributed by atoms with Gasteiger partial charge in [-0.3, -0.25) is 4.90 Å². The lowest BCUT2D eigenvalue weighted by Gasteiger charge is -2.42. The fraction of sp³-hybridized carbons (Fsp3) is 1.00. The smallest absolute Gasteiger partial charge is 0.152 e. The maximum Gasteiger partial charge on any atom is 0.152 e. The van der Waals surface area contributed by atoms with Gasteiger partial charge in [0.1, 0.15) is 0 Å². The molecule has 0 radical (unpaired) electrons. The van der Waals surface area contributed by atoms with E-state index in [4.69, 9.17) is 5.73 Å². The van der Waals surface area contributed by atoms with Crippen LogP contribution < -0.4 is 5.73 Å². The molecule has 18 heavy (non-hydrogen) atoms. The predicted molar refractivity (Wildman–Crippen MR) is 76.4 cm³/mol. The maximum atomic E-state index is 12.0. The molecule has 0 bridgehead atoms. The fourth-order valence-electron chi connectivity index (χ4n) is 3.28. The van der Waals surface area contributed by atoms with E-state index < -0.39 is 9.84 Å². The number of nitrogens with two attached hydrogens (primary N) is 1. The van der Waals surface area contributed by atoms with Crippen molar-refractivity contribution in [2.75, 3.05) is 26.4 Å². The summed E-state index contributed by atoms with van der Waals surface area (Å²) in [5.74, 6) is 0. The second-order valence-corrected chi connectivity index (χ2v) is 7.87. The Morgan fingerprint density at radius 3 is 2.56 bits per heavy atom. The third-order valence-electron chi connectivity index (χ3n) is 4.40. The van der Waals surface area contributed by atoms with Gasteiger partial charge in [-0.25, -0.2) is 8.42 Å². The molecule has 2 unspecified atom stereocenters. The molecule has 1 rings (SSSR count). The lowest BCUT2D eigenvalue weighted by molar-refractivity contribution is 0.132. The Bertz CT molecular complexity index is 356. The van der Waals surface area contributed by atoms with E-state index in [0.717, 1.165) is 32.2 Å². The molecule has 108 valence electrons. The number of sulfone groups is 1. The summed E-state index contributed by atoms with van der Waals surface area (Å²) in [5, 5.41) is -0.290. The predicted octanol–water partition coefficient (Wildman–Crippen LogP) is 1.40. The molecule has 1 aliphatic carbocycles. The zero-order valence-corrected chi connectivity index (χ0v) is 12.8. The number of likely N-dealkylation sites (N-methyl/N-ethyl adjacent to an activating group) is 1. The molecule has 2 atom stereocenters. The molecule has 0 aromatic rings. The Labute approximate surface area is 112 Å². The van der Waals surface area contributed by atoms with Gasteiger partial charge in [-0.05, 0) is 32.9 Å². The summed E-state index contributed by atoms with van der Waals surface area (Å²) in [4.78, 5) is 2.21. The molecule has 1 saturated carbocycles. The average molecular weight is 276 g/mol. The van der Waals surface area contributed by atoms with Gasteiger partial charge >= 0.3 is 0 Å². The van der Waals surface area contributed by atoms with Crippen molar-refractivity contribution in [1.82, 2.24) is 4.90 Å². The summed E-state index contributed by atoms with van der Waals surface area (Å²) < 4.78 is 23.9. The Balaban J connectivity index is 2.83. The molecule has 0 aromatic heterocycles. The normalized spacial score (nSPS) is 29.1. The van der Waals surface area contributed by atoms with Gasteiger partial charge in [-0.15, -0.1) is 0 Å². The van der Waals surface area contributed by atoms with Crippen molar-refractivity contribution in [2.24, 2.45) is 5.73 Å². The van der Waals surface area contributed by atoms with E-state index >= 15 is 0 Å². The topological polar surface area (TPSA) is 63.4 Å². The van der Waals surface area contributed by atoms with Crippen molar-refractivity contribution in [1.29, 1.82) is 0 Å². The van der Waals surface area contributed by atoms with Crippen LogP contribution in [-0.2, 0) is 9.84 Å². The first kappa shape index (κ1) is 15.9. The molecule has 0 saturated heterocycles. The first-order valence-electron chi connectivity index (χ1n) is 6.98. The number of nitrogens with zero attached hydrogens (tertiary/aromatic N) is 1. The number of rotatable bonds is 7. The SMILES string of the molecule is CCCCCN(C)C1(CN)CCCC1S(C)(=O)=O. The fourth-order valence-corrected chi connectivity index (χ4v) is 5.07. The number of unbranched alkanes of at least 4 members (excludes halogenated alkanes) is 2. The van der Waals surface area contributed by atoms with Gasteiger partial charge in [0.15, 0.2) is 9.84 Å². The summed E-state index contributed by atoms with van der Waals surface area (Å²) in [6.07, 6.45) is 7.47. The second kappa shape index (κ2) is 6.35. The van der Waals surface area contributed by atoms with E-state index in [9.17, 15) is 8.42 Å². The van der Waals surface area contributed by atoms with E-state index in [1.807, 2.05) is 7.05 Å². The van der Waals surface area contributed by atoms with Gasteiger partial charge in [0.2, 0.25) is 0 Å². The van der Waals surface area contributed by atoms with Crippen molar-refractivity contribution < 1.29 is 8.42 Å². The molecule has 2 N–H and O–H groups in total. The Kier molecular flexibility index (Phi) is 5.62. The zero-order valence-electron chi connectivity index (χ0n) is 12.0. The minimum absolute atomic E-state index is 0.290. The van der Waals surface area contributed by atoms with E-state index in [1.54, 1.807) is 0 Å². The molecule has 0 heterocycles. The summed E-state index contributed by atoms with van der Waals surface area (Å²) in [7, 11) is -0.986. The lowest BCUT2D eigenvalue weighted by Crippen LogP contribution is -2.59. The molecule has 1 fully saturated rings. The summed E-state index contributed by atoms with van der Waals surface area (Å²) in [6.45, 7) is 3.55. The van der Waals surface area contributed by atoms with Gasteiger partial charge in [-0.2, -0.15) is 0 Å². The summed E-state index contributed by atoms with van der Waals surface area (Å²) >= 11 is 0. The lowest BCUT2D eigenvalue weighted by atomic mass is 9.95. The van der Waals surface area contributed by atoms with Crippen molar-refractivity contribution in [3.8, 4) is 0 Å². The largest absolute Gasteiger partial charge is 0.329 e. The van der Waals surface area contributed by atoms with Crippen molar-refractivity contribution in [3.05, 3.63) is 0 Å². The third-order valence-corrected chi connectivity index (χ3v) is 6.11. The highest BCUT2D eigenvalue weighted by Gasteiger charge is 2.49.